The Bertz CT molecular complexity index is 1040. The quantitative estimate of drug-likeness (QED) is 0.601. The van der Waals surface area contributed by atoms with Crippen molar-refractivity contribution in [2.75, 3.05) is 7.05 Å². The van der Waals surface area contributed by atoms with Gasteiger partial charge >= 0.3 is 6.18 Å². The second-order valence-corrected chi connectivity index (χ2v) is 7.42. The van der Waals surface area contributed by atoms with Crippen LogP contribution in [0.15, 0.2) is 16.7 Å². The number of nitrogens with zero attached hydrogens (tertiary/aromatic N) is 6. The van der Waals surface area contributed by atoms with Gasteiger partial charge in [-0.25, -0.2) is 9.67 Å². The van der Waals surface area contributed by atoms with Crippen LogP contribution >= 0.6 is 15.9 Å². The van der Waals surface area contributed by atoms with Crippen molar-refractivity contribution in [3.8, 4) is 0 Å². The van der Waals surface area contributed by atoms with Crippen molar-refractivity contribution in [1.29, 1.82) is 0 Å². The third-order valence-corrected chi connectivity index (χ3v) is 5.08. The van der Waals surface area contributed by atoms with Gasteiger partial charge < -0.3 is 4.90 Å². The highest BCUT2D eigenvalue weighted by Crippen LogP contribution is 2.36. The van der Waals surface area contributed by atoms with Gasteiger partial charge in [0, 0.05) is 19.8 Å². The van der Waals surface area contributed by atoms with Crippen LogP contribution in [-0.4, -0.2) is 42.4 Å². The van der Waals surface area contributed by atoms with Crippen LogP contribution in [0.5, 0.6) is 0 Å². The Morgan fingerprint density at radius 3 is 2.57 bits per heavy atom. The molecular formula is C17H18BrF3N6O. The van der Waals surface area contributed by atoms with Crippen LogP contribution < -0.4 is 0 Å². The van der Waals surface area contributed by atoms with Crippen molar-refractivity contribution in [2.45, 2.75) is 33.1 Å². The van der Waals surface area contributed by atoms with E-state index in [-0.39, 0.29) is 41.4 Å². The molecule has 0 aliphatic carbocycles. The first-order valence-corrected chi connectivity index (χ1v) is 9.10. The van der Waals surface area contributed by atoms with Gasteiger partial charge in [-0.05, 0) is 35.8 Å². The minimum Gasteiger partial charge on any atom is -0.338 e. The Morgan fingerprint density at radius 2 is 2.00 bits per heavy atom. The fourth-order valence-electron chi connectivity index (χ4n) is 2.99. The summed E-state index contributed by atoms with van der Waals surface area (Å²) in [6, 6.07) is 0.995. The number of halogens is 4. The van der Waals surface area contributed by atoms with E-state index in [1.165, 1.54) is 23.4 Å². The van der Waals surface area contributed by atoms with E-state index >= 15 is 0 Å². The molecule has 0 saturated heterocycles. The van der Waals surface area contributed by atoms with Crippen molar-refractivity contribution < 1.29 is 18.0 Å². The third kappa shape index (κ3) is 3.75. The number of aryl methyl sites for hydroxylation is 3. The van der Waals surface area contributed by atoms with E-state index in [0.717, 1.165) is 16.2 Å². The molecule has 3 aromatic heterocycles. The highest BCUT2D eigenvalue weighted by molar-refractivity contribution is 9.10. The number of amides is 1. The smallest absolute Gasteiger partial charge is 0.338 e. The number of rotatable bonds is 4. The van der Waals surface area contributed by atoms with E-state index in [1.807, 2.05) is 0 Å². The Balaban J connectivity index is 1.92. The first kappa shape index (κ1) is 20.3. The maximum Gasteiger partial charge on any atom is 0.417 e. The van der Waals surface area contributed by atoms with Crippen LogP contribution in [0, 0.1) is 13.8 Å². The van der Waals surface area contributed by atoms with Gasteiger partial charge in [-0.3, -0.25) is 9.48 Å². The summed E-state index contributed by atoms with van der Waals surface area (Å²) in [5.74, 6) is -0.311. The minimum absolute atomic E-state index is 0.0493. The molecule has 0 fully saturated rings. The molecule has 0 spiro atoms. The van der Waals surface area contributed by atoms with E-state index in [0.29, 0.717) is 0 Å². The highest BCUT2D eigenvalue weighted by Gasteiger charge is 2.35. The van der Waals surface area contributed by atoms with Crippen molar-refractivity contribution in [1.82, 2.24) is 29.4 Å². The van der Waals surface area contributed by atoms with Gasteiger partial charge in [0.2, 0.25) is 5.91 Å². The second-order valence-electron chi connectivity index (χ2n) is 6.56. The molecule has 3 heterocycles. The first-order valence-electron chi connectivity index (χ1n) is 8.31. The summed E-state index contributed by atoms with van der Waals surface area (Å²) in [6.07, 6.45) is -2.90. The van der Waals surface area contributed by atoms with Gasteiger partial charge in [0.05, 0.1) is 39.6 Å². The molecule has 0 radical (unpaired) electrons. The zero-order valence-electron chi connectivity index (χ0n) is 15.7. The lowest BCUT2D eigenvalue weighted by Gasteiger charge is -2.18. The fourth-order valence-corrected chi connectivity index (χ4v) is 3.46. The number of pyridine rings is 1. The van der Waals surface area contributed by atoms with Crippen molar-refractivity contribution in [3.63, 3.8) is 0 Å². The van der Waals surface area contributed by atoms with Gasteiger partial charge in [-0.1, -0.05) is 0 Å². The van der Waals surface area contributed by atoms with Crippen LogP contribution in [0.2, 0.25) is 0 Å². The number of likely N-dealkylation sites (N-methyl/N-ethyl adjacent to an activating group) is 1. The molecule has 0 N–H and O–H groups in total. The van der Waals surface area contributed by atoms with Crippen LogP contribution in [0.4, 0.5) is 13.2 Å². The Hall–Kier alpha value is -2.43. The predicted molar refractivity (Wildman–Crippen MR) is 99.4 cm³/mol. The molecule has 11 heteroatoms. The summed E-state index contributed by atoms with van der Waals surface area (Å²) in [4.78, 5) is 18.3. The number of aromatic nitrogens is 5. The molecule has 3 aromatic rings. The molecular weight excluding hydrogens is 441 g/mol. The maximum absolute atomic E-state index is 13.4. The molecule has 0 unspecified atom stereocenters. The lowest BCUT2D eigenvalue weighted by Crippen LogP contribution is -2.31. The molecule has 0 atom stereocenters. The fraction of sp³-hybridized carbons (Fsp3) is 0.412. The Kier molecular flexibility index (Phi) is 5.22. The van der Waals surface area contributed by atoms with Crippen LogP contribution in [0.1, 0.15) is 22.6 Å². The zero-order chi connectivity index (χ0) is 20.8. The summed E-state index contributed by atoms with van der Waals surface area (Å²) in [6.45, 7) is 3.03. The van der Waals surface area contributed by atoms with E-state index in [9.17, 15) is 18.0 Å². The van der Waals surface area contributed by atoms with Crippen molar-refractivity contribution >= 4 is 32.9 Å². The first-order chi connectivity index (χ1) is 13.0. The average molecular weight is 459 g/mol. The Morgan fingerprint density at radius 1 is 1.32 bits per heavy atom. The SMILES string of the molecule is Cc1cc(C(F)(F)F)c2c(C)nn(CC(=O)N(C)Cc3c(Br)cnn3C)c2n1. The second kappa shape index (κ2) is 7.19. The molecule has 0 aliphatic heterocycles. The molecule has 7 nitrogen and oxygen atoms in total. The molecule has 0 aromatic carbocycles. The molecule has 28 heavy (non-hydrogen) atoms. The Labute approximate surface area is 167 Å². The van der Waals surface area contributed by atoms with Gasteiger partial charge in [-0.15, -0.1) is 0 Å². The van der Waals surface area contributed by atoms with Crippen LogP contribution in [-0.2, 0) is 31.1 Å². The monoisotopic (exact) mass is 458 g/mol. The number of hydrogen-bond acceptors (Lipinski definition) is 4. The number of hydrogen-bond donors (Lipinski definition) is 0. The molecule has 1 amide bonds. The van der Waals surface area contributed by atoms with Crippen LogP contribution in [0.3, 0.4) is 0 Å². The summed E-state index contributed by atoms with van der Waals surface area (Å²) in [7, 11) is 3.37. The van der Waals surface area contributed by atoms with Crippen molar-refractivity contribution in [2.24, 2.45) is 7.05 Å². The third-order valence-electron chi connectivity index (χ3n) is 4.42. The summed E-state index contributed by atoms with van der Waals surface area (Å²) >= 11 is 3.38. The van der Waals surface area contributed by atoms with Gasteiger partial charge in [0.1, 0.15) is 6.54 Å². The van der Waals surface area contributed by atoms with Gasteiger partial charge in [0.15, 0.2) is 5.65 Å². The molecule has 0 bridgehead atoms. The zero-order valence-corrected chi connectivity index (χ0v) is 17.3. The summed E-state index contributed by atoms with van der Waals surface area (Å²) in [5.41, 5.74) is 0.442. The maximum atomic E-state index is 13.4. The number of alkyl halides is 3. The normalized spacial score (nSPS) is 12.0. The highest BCUT2D eigenvalue weighted by atomic mass is 79.9. The predicted octanol–water partition coefficient (Wildman–Crippen LogP) is 3.22. The van der Waals surface area contributed by atoms with E-state index in [4.69, 9.17) is 0 Å². The molecule has 0 saturated carbocycles. The average Bonchev–Trinajstić information content (AvgIpc) is 3.07. The van der Waals surface area contributed by atoms with Gasteiger partial charge in [-0.2, -0.15) is 23.4 Å². The van der Waals surface area contributed by atoms with E-state index in [2.05, 4.69) is 31.1 Å². The minimum atomic E-state index is -4.53. The summed E-state index contributed by atoms with van der Waals surface area (Å²) < 4.78 is 43.9. The topological polar surface area (TPSA) is 68.8 Å². The largest absolute Gasteiger partial charge is 0.417 e. The summed E-state index contributed by atoms with van der Waals surface area (Å²) in [5, 5.41) is 8.16. The number of carbonyl (C=O) groups excluding carboxylic acids is 1. The van der Waals surface area contributed by atoms with Crippen molar-refractivity contribution in [3.05, 3.63) is 39.4 Å². The molecule has 3 rings (SSSR count). The lowest BCUT2D eigenvalue weighted by molar-refractivity contribution is -0.136. The van der Waals surface area contributed by atoms with E-state index in [1.54, 1.807) is 25.0 Å². The van der Waals surface area contributed by atoms with E-state index < -0.39 is 11.7 Å². The van der Waals surface area contributed by atoms with Gasteiger partial charge in [0.25, 0.3) is 0 Å². The number of carbonyl (C=O) groups is 1. The number of fused-ring (bicyclic) bond motifs is 1. The standard InChI is InChI=1S/C17H18BrF3N6O/c1-9-5-11(17(19,20)21)15-10(2)24-27(16(15)23-9)8-14(28)25(3)7-13-12(18)6-22-26(13)4/h5-6H,7-8H2,1-4H3. The lowest BCUT2D eigenvalue weighted by atomic mass is 10.1. The van der Waals surface area contributed by atoms with Crippen LogP contribution in [0.25, 0.3) is 11.0 Å². The molecule has 150 valence electrons. The molecule has 0 aliphatic rings.